The Hall–Kier alpha value is -1.95. The van der Waals surface area contributed by atoms with E-state index >= 15 is 0 Å². The van der Waals surface area contributed by atoms with E-state index in [-0.39, 0.29) is 9.92 Å². The second-order valence-corrected chi connectivity index (χ2v) is 4.48. The molecule has 2 rings (SSSR count). The molecular formula is C11H11N3O2S. The molecular weight excluding hydrogens is 238 g/mol. The third-order valence-electron chi connectivity index (χ3n) is 2.34. The third-order valence-corrected chi connectivity index (χ3v) is 3.27. The maximum absolute atomic E-state index is 10.5. The second kappa shape index (κ2) is 4.92. The van der Waals surface area contributed by atoms with E-state index in [1.165, 1.54) is 0 Å². The molecule has 0 radical (unpaired) electrons. The highest BCUT2D eigenvalue weighted by atomic mass is 32.1. The van der Waals surface area contributed by atoms with Crippen molar-refractivity contribution in [3.8, 4) is 0 Å². The Morgan fingerprint density at radius 2 is 2.41 bits per heavy atom. The van der Waals surface area contributed by atoms with E-state index in [1.54, 1.807) is 23.8 Å². The predicted octanol–water partition coefficient (Wildman–Crippen LogP) is 2.97. The topological polar surface area (TPSA) is 68.1 Å². The maximum atomic E-state index is 10.5. The summed E-state index contributed by atoms with van der Waals surface area (Å²) in [5.41, 5.74) is 2.95. The Labute approximate surface area is 102 Å². The van der Waals surface area contributed by atoms with Crippen molar-refractivity contribution in [2.45, 2.75) is 13.5 Å². The molecule has 1 N–H and O–H groups in total. The smallest absolute Gasteiger partial charge is 0.324 e. The number of nitrogens with zero attached hydrogens (tertiary/aromatic N) is 2. The van der Waals surface area contributed by atoms with Crippen LogP contribution in [0.3, 0.4) is 0 Å². The van der Waals surface area contributed by atoms with Gasteiger partial charge in [-0.15, -0.1) is 0 Å². The quantitative estimate of drug-likeness (QED) is 0.668. The van der Waals surface area contributed by atoms with Gasteiger partial charge in [0, 0.05) is 24.2 Å². The highest BCUT2D eigenvalue weighted by Gasteiger charge is 2.09. The Balaban J connectivity index is 2.02. The van der Waals surface area contributed by atoms with Gasteiger partial charge in [-0.05, 0) is 24.1 Å². The molecule has 88 valence electrons. The molecule has 0 unspecified atom stereocenters. The summed E-state index contributed by atoms with van der Waals surface area (Å²) in [6.07, 6.45) is 3.48. The van der Waals surface area contributed by atoms with Crippen molar-refractivity contribution in [3.05, 3.63) is 51.1 Å². The van der Waals surface area contributed by atoms with Gasteiger partial charge in [0.15, 0.2) is 0 Å². The fraction of sp³-hybridized carbons (Fsp3) is 0.182. The van der Waals surface area contributed by atoms with E-state index in [0.717, 1.165) is 28.2 Å². The zero-order valence-corrected chi connectivity index (χ0v) is 10.0. The third kappa shape index (κ3) is 2.79. The van der Waals surface area contributed by atoms with Gasteiger partial charge in [-0.25, -0.2) is 0 Å². The number of hydrogen-bond donors (Lipinski definition) is 1. The first-order chi connectivity index (χ1) is 8.16. The summed E-state index contributed by atoms with van der Waals surface area (Å²) in [5, 5.41) is 15.7. The van der Waals surface area contributed by atoms with Crippen LogP contribution in [0, 0.1) is 17.0 Å². The van der Waals surface area contributed by atoms with E-state index < -0.39 is 0 Å². The van der Waals surface area contributed by atoms with E-state index in [1.807, 2.05) is 13.0 Å². The van der Waals surface area contributed by atoms with Crippen LogP contribution in [0.15, 0.2) is 29.9 Å². The van der Waals surface area contributed by atoms with Gasteiger partial charge in [-0.3, -0.25) is 15.1 Å². The first-order valence-electron chi connectivity index (χ1n) is 5.03. The van der Waals surface area contributed by atoms with Gasteiger partial charge < -0.3 is 5.32 Å². The number of hydrogen-bond acceptors (Lipinski definition) is 5. The lowest BCUT2D eigenvalue weighted by atomic mass is 10.2. The summed E-state index contributed by atoms with van der Waals surface area (Å²) in [4.78, 5) is 14.2. The van der Waals surface area contributed by atoms with E-state index in [4.69, 9.17) is 0 Å². The lowest BCUT2D eigenvalue weighted by Crippen LogP contribution is -2.00. The maximum Gasteiger partial charge on any atom is 0.324 e. The average molecular weight is 249 g/mol. The summed E-state index contributed by atoms with van der Waals surface area (Å²) < 4.78 is 0. The lowest BCUT2D eigenvalue weighted by Gasteiger charge is -2.06. The highest BCUT2D eigenvalue weighted by Crippen LogP contribution is 2.23. The molecule has 0 saturated carbocycles. The summed E-state index contributed by atoms with van der Waals surface area (Å²) >= 11 is 1.14. The molecule has 2 aromatic heterocycles. The van der Waals surface area contributed by atoms with Gasteiger partial charge in [-0.1, -0.05) is 11.3 Å². The molecule has 0 fully saturated rings. The summed E-state index contributed by atoms with van der Waals surface area (Å²) in [5.74, 6) is 0. The van der Waals surface area contributed by atoms with Crippen LogP contribution in [0.1, 0.15) is 11.1 Å². The molecule has 0 aliphatic heterocycles. The van der Waals surface area contributed by atoms with E-state index in [9.17, 15) is 10.1 Å². The van der Waals surface area contributed by atoms with Crippen LogP contribution in [-0.4, -0.2) is 9.91 Å². The summed E-state index contributed by atoms with van der Waals surface area (Å²) in [6, 6.07) is 3.50. The number of pyridine rings is 1. The minimum atomic E-state index is -0.372. The number of nitrogens with one attached hydrogen (secondary N) is 1. The van der Waals surface area contributed by atoms with Crippen molar-refractivity contribution < 1.29 is 4.92 Å². The van der Waals surface area contributed by atoms with Gasteiger partial charge in [0.1, 0.15) is 0 Å². The van der Waals surface area contributed by atoms with Crippen molar-refractivity contribution in [2.75, 3.05) is 5.32 Å². The van der Waals surface area contributed by atoms with Crippen LogP contribution in [0.5, 0.6) is 0 Å². The molecule has 0 amide bonds. The first-order valence-corrected chi connectivity index (χ1v) is 5.91. The van der Waals surface area contributed by atoms with Crippen LogP contribution in [0.2, 0.25) is 0 Å². The zero-order valence-electron chi connectivity index (χ0n) is 9.21. The number of thiophene rings is 1. The van der Waals surface area contributed by atoms with Gasteiger partial charge in [0.2, 0.25) is 0 Å². The molecule has 6 heteroatoms. The van der Waals surface area contributed by atoms with Crippen LogP contribution in [0.25, 0.3) is 0 Å². The van der Waals surface area contributed by atoms with Crippen LogP contribution >= 0.6 is 11.3 Å². The minimum Gasteiger partial charge on any atom is -0.379 e. The number of aryl methyl sites for hydroxylation is 1. The van der Waals surface area contributed by atoms with Crippen LogP contribution in [-0.2, 0) is 6.54 Å². The molecule has 2 heterocycles. The molecule has 0 saturated heterocycles. The SMILES string of the molecule is Cc1ccncc1NCc1csc([N+](=O)[O-])c1. The van der Waals surface area contributed by atoms with E-state index in [2.05, 4.69) is 10.3 Å². The predicted molar refractivity (Wildman–Crippen MR) is 67.3 cm³/mol. The average Bonchev–Trinajstić information content (AvgIpc) is 2.77. The Morgan fingerprint density at radius 1 is 1.59 bits per heavy atom. The number of nitro groups is 1. The summed E-state index contributed by atoms with van der Waals surface area (Å²) in [6.45, 7) is 2.55. The minimum absolute atomic E-state index is 0.171. The summed E-state index contributed by atoms with van der Waals surface area (Å²) in [7, 11) is 0. The van der Waals surface area contributed by atoms with E-state index in [0.29, 0.717) is 6.54 Å². The van der Waals surface area contributed by atoms with Crippen molar-refractivity contribution in [3.63, 3.8) is 0 Å². The van der Waals surface area contributed by atoms with Gasteiger partial charge in [0.25, 0.3) is 0 Å². The van der Waals surface area contributed by atoms with Gasteiger partial charge in [-0.2, -0.15) is 0 Å². The second-order valence-electron chi connectivity index (χ2n) is 3.59. The lowest BCUT2D eigenvalue weighted by molar-refractivity contribution is -0.380. The van der Waals surface area contributed by atoms with Gasteiger partial charge >= 0.3 is 5.00 Å². The molecule has 0 atom stereocenters. The fourth-order valence-corrected chi connectivity index (χ4v) is 2.13. The van der Waals surface area contributed by atoms with Crippen molar-refractivity contribution >= 4 is 22.0 Å². The molecule has 0 bridgehead atoms. The Morgan fingerprint density at radius 3 is 3.06 bits per heavy atom. The molecule has 0 aliphatic carbocycles. The van der Waals surface area contributed by atoms with Crippen molar-refractivity contribution in [1.82, 2.24) is 4.98 Å². The molecule has 0 spiro atoms. The number of rotatable bonds is 4. The molecule has 0 aliphatic rings. The normalized spacial score (nSPS) is 10.2. The Bertz CT molecular complexity index is 539. The van der Waals surface area contributed by atoms with Gasteiger partial charge in [0.05, 0.1) is 16.8 Å². The van der Waals surface area contributed by atoms with Crippen molar-refractivity contribution in [1.29, 1.82) is 0 Å². The van der Waals surface area contributed by atoms with Crippen molar-refractivity contribution in [2.24, 2.45) is 0 Å². The number of anilines is 1. The fourth-order valence-electron chi connectivity index (χ4n) is 1.40. The standard InChI is InChI=1S/C11H11N3O2S/c1-8-2-3-12-6-10(8)13-5-9-4-11(14(15)16)17-7-9/h2-4,6-7,13H,5H2,1H3. The first kappa shape index (κ1) is 11.5. The molecule has 5 nitrogen and oxygen atoms in total. The monoisotopic (exact) mass is 249 g/mol. The molecule has 0 aromatic carbocycles. The highest BCUT2D eigenvalue weighted by molar-refractivity contribution is 7.13. The molecule has 2 aromatic rings. The van der Waals surface area contributed by atoms with Crippen LogP contribution < -0.4 is 5.32 Å². The Kier molecular flexibility index (Phi) is 3.34. The zero-order chi connectivity index (χ0) is 12.3. The van der Waals surface area contributed by atoms with Crippen LogP contribution in [0.4, 0.5) is 10.7 Å². The number of aromatic nitrogens is 1. The molecule has 17 heavy (non-hydrogen) atoms. The largest absolute Gasteiger partial charge is 0.379 e.